The molecule has 0 spiro atoms. The smallest absolute Gasteiger partial charge is 0.410 e. The second-order valence-corrected chi connectivity index (χ2v) is 8.10. The number of hydrogen-bond donors (Lipinski definition) is 0. The molecule has 0 heterocycles. The first-order chi connectivity index (χ1) is 10.2. The van der Waals surface area contributed by atoms with Crippen LogP contribution in [0.25, 0.3) is 0 Å². The second kappa shape index (κ2) is 8.53. The highest BCUT2D eigenvalue weighted by Crippen LogP contribution is 2.27. The summed E-state index contributed by atoms with van der Waals surface area (Å²) >= 11 is 3.55. The molecule has 1 fully saturated rings. The molecule has 0 aliphatic heterocycles. The van der Waals surface area contributed by atoms with Crippen LogP contribution in [-0.2, 0) is 9.47 Å². The van der Waals surface area contributed by atoms with E-state index in [1.54, 1.807) is 4.90 Å². The number of carbonyl (C=O) groups is 1. The van der Waals surface area contributed by atoms with Gasteiger partial charge >= 0.3 is 6.09 Å². The van der Waals surface area contributed by atoms with E-state index in [1.807, 2.05) is 27.7 Å². The summed E-state index contributed by atoms with van der Waals surface area (Å²) in [6.07, 6.45) is 4.89. The highest BCUT2D eigenvalue weighted by molar-refractivity contribution is 9.09. The zero-order valence-electron chi connectivity index (χ0n) is 14.8. The van der Waals surface area contributed by atoms with Crippen LogP contribution in [0.3, 0.4) is 0 Å². The first-order valence-electron chi connectivity index (χ1n) is 8.37. The molecule has 0 N–H and O–H groups in total. The van der Waals surface area contributed by atoms with Gasteiger partial charge in [0, 0.05) is 11.9 Å². The molecule has 130 valence electrons. The van der Waals surface area contributed by atoms with Gasteiger partial charge in [0.1, 0.15) is 5.60 Å². The average molecular weight is 378 g/mol. The third-order valence-electron chi connectivity index (χ3n) is 3.98. The van der Waals surface area contributed by atoms with Gasteiger partial charge in [-0.3, -0.25) is 0 Å². The Balaban J connectivity index is 2.57. The molecule has 5 heteroatoms. The Kier molecular flexibility index (Phi) is 7.66. The lowest BCUT2D eigenvalue weighted by Gasteiger charge is -2.35. The van der Waals surface area contributed by atoms with Gasteiger partial charge in [0.25, 0.3) is 0 Å². The van der Waals surface area contributed by atoms with Crippen molar-refractivity contribution in [1.29, 1.82) is 0 Å². The predicted molar refractivity (Wildman–Crippen MR) is 93.6 cm³/mol. The Labute approximate surface area is 144 Å². The molecule has 4 nitrogen and oxygen atoms in total. The quantitative estimate of drug-likeness (QED) is 0.608. The Morgan fingerprint density at radius 1 is 1.23 bits per heavy atom. The van der Waals surface area contributed by atoms with Gasteiger partial charge in [-0.15, -0.1) is 0 Å². The van der Waals surface area contributed by atoms with Crippen LogP contribution in [-0.4, -0.2) is 47.2 Å². The van der Waals surface area contributed by atoms with Gasteiger partial charge in [-0.05, 0) is 53.4 Å². The molecule has 1 rings (SSSR count). The highest BCUT2D eigenvalue weighted by Gasteiger charge is 2.32. The fraction of sp³-hybridized carbons (Fsp3) is 0.941. The maximum Gasteiger partial charge on any atom is 0.410 e. The van der Waals surface area contributed by atoms with E-state index in [0.717, 1.165) is 6.61 Å². The molecule has 0 bridgehead atoms. The molecule has 0 aromatic carbocycles. The number of carbonyl (C=O) groups excluding carboxylic acids is 1. The van der Waals surface area contributed by atoms with Crippen molar-refractivity contribution >= 4 is 22.0 Å². The minimum Gasteiger partial charge on any atom is -0.444 e. The van der Waals surface area contributed by atoms with E-state index in [0.29, 0.717) is 24.3 Å². The monoisotopic (exact) mass is 377 g/mol. The highest BCUT2D eigenvalue weighted by atomic mass is 79.9. The van der Waals surface area contributed by atoms with Gasteiger partial charge < -0.3 is 14.4 Å². The summed E-state index contributed by atoms with van der Waals surface area (Å²) in [6.45, 7) is 11.6. The number of halogens is 1. The van der Waals surface area contributed by atoms with Crippen molar-refractivity contribution in [3.8, 4) is 0 Å². The normalized spacial score (nSPS) is 19.0. The number of nitrogens with zero attached hydrogens (tertiary/aromatic N) is 1. The van der Waals surface area contributed by atoms with Crippen LogP contribution in [0.4, 0.5) is 4.79 Å². The maximum atomic E-state index is 12.3. The van der Waals surface area contributed by atoms with Gasteiger partial charge in [-0.1, -0.05) is 28.8 Å². The number of amides is 1. The van der Waals surface area contributed by atoms with E-state index in [2.05, 4.69) is 22.9 Å². The average Bonchev–Trinajstić information content (AvgIpc) is 2.94. The summed E-state index contributed by atoms with van der Waals surface area (Å²) in [5.41, 5.74) is -0.852. The van der Waals surface area contributed by atoms with Crippen molar-refractivity contribution in [2.24, 2.45) is 5.92 Å². The van der Waals surface area contributed by atoms with Crippen molar-refractivity contribution in [3.05, 3.63) is 0 Å². The van der Waals surface area contributed by atoms with Gasteiger partial charge in [-0.25, -0.2) is 4.79 Å². The summed E-state index contributed by atoms with van der Waals surface area (Å²) in [6, 6.07) is 0. The Bertz CT molecular complexity index is 350. The third kappa shape index (κ3) is 6.86. The lowest BCUT2D eigenvalue weighted by atomic mass is 10.1. The van der Waals surface area contributed by atoms with Crippen LogP contribution >= 0.6 is 15.9 Å². The van der Waals surface area contributed by atoms with Gasteiger partial charge in [0.15, 0.2) is 0 Å². The van der Waals surface area contributed by atoms with E-state index >= 15 is 0 Å². The lowest BCUT2D eigenvalue weighted by molar-refractivity contribution is -0.0538. The summed E-state index contributed by atoms with van der Waals surface area (Å²) in [5, 5.41) is 0.700. The molecule has 0 radical (unpaired) electrons. The standard InChI is InChI=1S/C17H32BrNO3/c1-6-19(15(20)22-16(2,3)4)13-17(5,12-18)21-11-14-9-7-8-10-14/h14H,6-13H2,1-5H3. The summed E-state index contributed by atoms with van der Waals surface area (Å²) in [4.78, 5) is 14.0. The van der Waals surface area contributed by atoms with E-state index in [1.165, 1.54) is 25.7 Å². The van der Waals surface area contributed by atoms with Crippen LogP contribution in [0.15, 0.2) is 0 Å². The number of likely N-dealkylation sites (N-methyl/N-ethyl adjacent to an activating group) is 1. The minimum atomic E-state index is -0.472. The molecule has 1 unspecified atom stereocenters. The minimum absolute atomic E-state index is 0.272. The molecule has 1 aliphatic carbocycles. The molecular formula is C17H32BrNO3. The number of alkyl halides is 1. The largest absolute Gasteiger partial charge is 0.444 e. The number of hydrogen-bond acceptors (Lipinski definition) is 3. The first-order valence-corrected chi connectivity index (χ1v) is 9.49. The van der Waals surface area contributed by atoms with Gasteiger partial charge in [0.05, 0.1) is 18.8 Å². The van der Waals surface area contributed by atoms with Crippen LogP contribution in [0.2, 0.25) is 0 Å². The SMILES string of the molecule is CCN(CC(C)(CBr)OCC1CCCC1)C(=O)OC(C)(C)C. The molecule has 1 atom stereocenters. The summed E-state index contributed by atoms with van der Waals surface area (Å²) in [5.74, 6) is 0.676. The Morgan fingerprint density at radius 3 is 2.27 bits per heavy atom. The molecule has 1 saturated carbocycles. The fourth-order valence-electron chi connectivity index (χ4n) is 2.66. The molecule has 1 amide bonds. The Morgan fingerprint density at radius 2 is 1.82 bits per heavy atom. The van der Waals surface area contributed by atoms with Crippen LogP contribution < -0.4 is 0 Å². The van der Waals surface area contributed by atoms with Crippen LogP contribution in [0.5, 0.6) is 0 Å². The van der Waals surface area contributed by atoms with Crippen molar-refractivity contribution in [1.82, 2.24) is 4.90 Å². The lowest BCUT2D eigenvalue weighted by Crippen LogP contribution is -2.48. The number of rotatable bonds is 7. The van der Waals surface area contributed by atoms with Gasteiger partial charge in [-0.2, -0.15) is 0 Å². The van der Waals surface area contributed by atoms with Crippen molar-refractivity contribution < 1.29 is 14.3 Å². The third-order valence-corrected chi connectivity index (χ3v) is 5.17. The second-order valence-electron chi connectivity index (χ2n) is 7.54. The molecule has 0 saturated heterocycles. The van der Waals surface area contributed by atoms with E-state index in [4.69, 9.17) is 9.47 Å². The molecule has 0 aromatic rings. The summed E-state index contributed by atoms with van der Waals surface area (Å²) in [7, 11) is 0. The molecular weight excluding hydrogens is 346 g/mol. The maximum absolute atomic E-state index is 12.3. The number of ether oxygens (including phenoxy) is 2. The molecule has 0 aromatic heterocycles. The first kappa shape index (κ1) is 19.8. The van der Waals surface area contributed by atoms with Crippen molar-refractivity contribution in [2.75, 3.05) is 25.0 Å². The van der Waals surface area contributed by atoms with E-state index in [9.17, 15) is 4.79 Å². The van der Waals surface area contributed by atoms with Crippen LogP contribution in [0, 0.1) is 5.92 Å². The van der Waals surface area contributed by atoms with Crippen LogP contribution in [0.1, 0.15) is 60.3 Å². The topological polar surface area (TPSA) is 38.8 Å². The predicted octanol–water partition coefficient (Wildman–Crippen LogP) is 4.60. The zero-order valence-corrected chi connectivity index (χ0v) is 16.4. The van der Waals surface area contributed by atoms with Gasteiger partial charge in [0.2, 0.25) is 0 Å². The molecule has 1 aliphatic rings. The van der Waals surface area contributed by atoms with E-state index < -0.39 is 5.60 Å². The molecule has 22 heavy (non-hydrogen) atoms. The zero-order chi connectivity index (χ0) is 16.8. The fourth-order valence-corrected chi connectivity index (χ4v) is 3.00. The van der Waals surface area contributed by atoms with Crippen molar-refractivity contribution in [2.45, 2.75) is 71.5 Å². The van der Waals surface area contributed by atoms with E-state index in [-0.39, 0.29) is 11.7 Å². The summed E-state index contributed by atoms with van der Waals surface area (Å²) < 4.78 is 11.7. The Hall–Kier alpha value is -0.290. The van der Waals surface area contributed by atoms with Crippen molar-refractivity contribution in [3.63, 3.8) is 0 Å².